The van der Waals surface area contributed by atoms with E-state index in [0.717, 1.165) is 5.56 Å². The van der Waals surface area contributed by atoms with Gasteiger partial charge in [-0.2, -0.15) is 0 Å². The lowest BCUT2D eigenvalue weighted by Crippen LogP contribution is -2.48. The number of hydrogen-bond acceptors (Lipinski definition) is 4. The second-order valence-electron chi connectivity index (χ2n) is 4.18. The maximum Gasteiger partial charge on any atom is 0.407 e. The Morgan fingerprint density at radius 3 is 2.50 bits per heavy atom. The molecule has 0 aliphatic heterocycles. The fourth-order valence-corrected chi connectivity index (χ4v) is 1.58. The standard InChI is InChI=1S/C14H19NO5/c1-3-19-14(18)15-12(13(16)17)10(2)20-9-11-7-5-4-6-8-11/h4-8,10,12H,3,9H2,1-2H3,(H,15,18)(H,16,17)/t10-,12+/m1/s1. The van der Waals surface area contributed by atoms with E-state index in [1.54, 1.807) is 13.8 Å². The van der Waals surface area contributed by atoms with Crippen LogP contribution in [0.3, 0.4) is 0 Å². The van der Waals surface area contributed by atoms with Crippen LogP contribution in [0.15, 0.2) is 30.3 Å². The maximum absolute atomic E-state index is 11.3. The van der Waals surface area contributed by atoms with Gasteiger partial charge in [0.1, 0.15) is 0 Å². The third-order valence-corrected chi connectivity index (χ3v) is 2.64. The molecule has 0 heterocycles. The zero-order valence-electron chi connectivity index (χ0n) is 11.5. The van der Waals surface area contributed by atoms with Crippen LogP contribution in [0.5, 0.6) is 0 Å². The minimum absolute atomic E-state index is 0.178. The van der Waals surface area contributed by atoms with Crippen LogP contribution in [0, 0.1) is 0 Å². The number of hydrogen-bond donors (Lipinski definition) is 2. The summed E-state index contributed by atoms with van der Waals surface area (Å²) in [5.41, 5.74) is 0.930. The van der Waals surface area contributed by atoms with E-state index in [9.17, 15) is 9.59 Å². The zero-order valence-corrected chi connectivity index (χ0v) is 11.5. The Morgan fingerprint density at radius 2 is 1.95 bits per heavy atom. The minimum atomic E-state index is -1.17. The van der Waals surface area contributed by atoms with Gasteiger partial charge in [0.2, 0.25) is 0 Å². The average molecular weight is 281 g/mol. The third-order valence-electron chi connectivity index (χ3n) is 2.64. The van der Waals surface area contributed by atoms with Crippen LogP contribution in [-0.2, 0) is 20.9 Å². The number of aliphatic carboxylic acids is 1. The highest BCUT2D eigenvalue weighted by molar-refractivity contribution is 5.80. The summed E-state index contributed by atoms with van der Waals surface area (Å²) in [6.45, 7) is 3.69. The predicted octanol–water partition coefficient (Wildman–Crippen LogP) is 1.79. The number of carbonyl (C=O) groups is 2. The van der Waals surface area contributed by atoms with E-state index in [4.69, 9.17) is 9.84 Å². The van der Waals surface area contributed by atoms with Gasteiger partial charge in [0, 0.05) is 0 Å². The topological polar surface area (TPSA) is 84.9 Å². The molecule has 2 atom stereocenters. The summed E-state index contributed by atoms with van der Waals surface area (Å²) in [5.74, 6) is -1.17. The van der Waals surface area contributed by atoms with Crippen LogP contribution >= 0.6 is 0 Å². The lowest BCUT2D eigenvalue weighted by atomic mass is 10.2. The molecule has 0 fully saturated rings. The van der Waals surface area contributed by atoms with Crippen LogP contribution in [0.2, 0.25) is 0 Å². The summed E-state index contributed by atoms with van der Waals surface area (Å²) >= 11 is 0. The van der Waals surface area contributed by atoms with Gasteiger partial charge in [-0.1, -0.05) is 30.3 Å². The summed E-state index contributed by atoms with van der Waals surface area (Å²) in [7, 11) is 0. The van der Waals surface area contributed by atoms with Gasteiger partial charge in [-0.25, -0.2) is 9.59 Å². The third kappa shape index (κ3) is 5.27. The Labute approximate surface area is 117 Å². The number of ether oxygens (including phenoxy) is 2. The van der Waals surface area contributed by atoms with E-state index in [0.29, 0.717) is 0 Å². The van der Waals surface area contributed by atoms with Crippen molar-refractivity contribution in [2.75, 3.05) is 6.61 Å². The van der Waals surface area contributed by atoms with Gasteiger partial charge in [-0.3, -0.25) is 0 Å². The summed E-state index contributed by atoms with van der Waals surface area (Å²) in [6.07, 6.45) is -1.45. The molecule has 0 spiro atoms. The van der Waals surface area contributed by atoms with Crippen molar-refractivity contribution >= 4 is 12.1 Å². The molecule has 6 nitrogen and oxygen atoms in total. The molecule has 6 heteroatoms. The van der Waals surface area contributed by atoms with Crippen molar-refractivity contribution in [3.8, 4) is 0 Å². The number of carboxylic acids is 1. The van der Waals surface area contributed by atoms with Gasteiger partial charge in [-0.05, 0) is 19.4 Å². The second-order valence-corrected chi connectivity index (χ2v) is 4.18. The van der Waals surface area contributed by atoms with E-state index in [-0.39, 0.29) is 13.2 Å². The van der Waals surface area contributed by atoms with Gasteiger partial charge in [0.05, 0.1) is 19.3 Å². The normalized spacial score (nSPS) is 13.3. The Bertz CT molecular complexity index is 434. The molecule has 0 aromatic heterocycles. The Kier molecular flexibility index (Phi) is 6.52. The number of alkyl carbamates (subject to hydrolysis) is 1. The molecule has 0 aliphatic rings. The zero-order chi connectivity index (χ0) is 15.0. The second kappa shape index (κ2) is 8.16. The number of rotatable bonds is 7. The Balaban J connectivity index is 2.53. The molecule has 1 rings (SSSR count). The SMILES string of the molecule is CCOC(=O)N[C@H](C(=O)O)[C@@H](C)OCc1ccccc1. The molecule has 1 aromatic carbocycles. The highest BCUT2D eigenvalue weighted by Gasteiger charge is 2.27. The van der Waals surface area contributed by atoms with Crippen molar-refractivity contribution in [3.05, 3.63) is 35.9 Å². The van der Waals surface area contributed by atoms with E-state index in [1.807, 2.05) is 30.3 Å². The number of amides is 1. The molecule has 0 bridgehead atoms. The molecule has 0 radical (unpaired) electrons. The molecule has 0 saturated heterocycles. The highest BCUT2D eigenvalue weighted by atomic mass is 16.5. The summed E-state index contributed by atoms with van der Waals surface area (Å²) in [6, 6.07) is 8.22. The van der Waals surface area contributed by atoms with Crippen LogP contribution in [0.25, 0.3) is 0 Å². The van der Waals surface area contributed by atoms with Gasteiger partial charge in [0.25, 0.3) is 0 Å². The predicted molar refractivity (Wildman–Crippen MR) is 72.3 cm³/mol. The fourth-order valence-electron chi connectivity index (χ4n) is 1.58. The van der Waals surface area contributed by atoms with E-state index >= 15 is 0 Å². The van der Waals surface area contributed by atoms with Crippen LogP contribution in [0.4, 0.5) is 4.79 Å². The van der Waals surface area contributed by atoms with Crippen molar-refractivity contribution < 1.29 is 24.2 Å². The average Bonchev–Trinajstić information content (AvgIpc) is 2.43. The van der Waals surface area contributed by atoms with Crippen molar-refractivity contribution in [3.63, 3.8) is 0 Å². The monoisotopic (exact) mass is 281 g/mol. The molecule has 0 saturated carbocycles. The van der Waals surface area contributed by atoms with Crippen LogP contribution in [-0.4, -0.2) is 35.9 Å². The molecule has 110 valence electrons. The molecule has 2 N–H and O–H groups in total. The first-order valence-electron chi connectivity index (χ1n) is 6.36. The van der Waals surface area contributed by atoms with E-state index in [1.165, 1.54) is 0 Å². The van der Waals surface area contributed by atoms with Gasteiger partial charge >= 0.3 is 12.1 Å². The first-order valence-corrected chi connectivity index (χ1v) is 6.36. The van der Waals surface area contributed by atoms with E-state index < -0.39 is 24.2 Å². The van der Waals surface area contributed by atoms with Crippen molar-refractivity contribution in [2.45, 2.75) is 32.6 Å². The van der Waals surface area contributed by atoms with Crippen LogP contribution < -0.4 is 5.32 Å². The number of carbonyl (C=O) groups excluding carboxylic acids is 1. The van der Waals surface area contributed by atoms with Crippen LogP contribution in [0.1, 0.15) is 19.4 Å². The lowest BCUT2D eigenvalue weighted by molar-refractivity contribution is -0.143. The molecular formula is C14H19NO5. The van der Waals surface area contributed by atoms with Crippen molar-refractivity contribution in [1.29, 1.82) is 0 Å². The van der Waals surface area contributed by atoms with Crippen molar-refractivity contribution in [2.24, 2.45) is 0 Å². The molecule has 0 unspecified atom stereocenters. The largest absolute Gasteiger partial charge is 0.480 e. The van der Waals surface area contributed by atoms with Crippen molar-refractivity contribution in [1.82, 2.24) is 5.32 Å². The summed E-state index contributed by atoms with van der Waals surface area (Å²) in [5, 5.41) is 11.4. The molecule has 1 amide bonds. The fraction of sp³-hybridized carbons (Fsp3) is 0.429. The molecule has 20 heavy (non-hydrogen) atoms. The quantitative estimate of drug-likeness (QED) is 0.796. The smallest absolute Gasteiger partial charge is 0.407 e. The van der Waals surface area contributed by atoms with Gasteiger partial charge in [0.15, 0.2) is 6.04 Å². The lowest BCUT2D eigenvalue weighted by Gasteiger charge is -2.21. The van der Waals surface area contributed by atoms with Gasteiger partial charge in [-0.15, -0.1) is 0 Å². The molecular weight excluding hydrogens is 262 g/mol. The molecule has 0 aliphatic carbocycles. The van der Waals surface area contributed by atoms with E-state index in [2.05, 4.69) is 10.1 Å². The number of nitrogens with one attached hydrogen (secondary N) is 1. The molecule has 1 aromatic rings. The minimum Gasteiger partial charge on any atom is -0.480 e. The highest BCUT2D eigenvalue weighted by Crippen LogP contribution is 2.06. The maximum atomic E-state index is 11.3. The number of benzene rings is 1. The first-order chi connectivity index (χ1) is 9.54. The van der Waals surface area contributed by atoms with Gasteiger partial charge < -0.3 is 19.9 Å². The Hall–Kier alpha value is -2.08. The summed E-state index contributed by atoms with van der Waals surface area (Å²) in [4.78, 5) is 22.4. The Morgan fingerprint density at radius 1 is 1.30 bits per heavy atom. The summed E-state index contributed by atoms with van der Waals surface area (Å²) < 4.78 is 10.1. The first kappa shape index (κ1) is 16.0. The number of carboxylic acid groups (broad SMARTS) is 1.